The molecule has 1 fully saturated rings. The van der Waals surface area contributed by atoms with Gasteiger partial charge < -0.3 is 4.90 Å². The van der Waals surface area contributed by atoms with Crippen molar-refractivity contribution in [3.05, 3.63) is 23.4 Å². The van der Waals surface area contributed by atoms with Crippen LogP contribution in [0, 0.1) is 0 Å². The maximum Gasteiger partial charge on any atom is 0.417 e. The first-order chi connectivity index (χ1) is 9.29. The minimum atomic E-state index is -4.66. The van der Waals surface area contributed by atoms with Gasteiger partial charge in [0.25, 0.3) is 5.92 Å². The Bertz CT molecular complexity index is 526. The Kier molecular flexibility index (Phi) is 2.92. The number of nitrogens with zero attached hydrogens (tertiary/aromatic N) is 2. The number of anilines is 1. The molecule has 1 aromatic rings. The van der Waals surface area contributed by atoms with Crippen molar-refractivity contribution in [2.24, 2.45) is 0 Å². The zero-order valence-corrected chi connectivity index (χ0v) is 10.6. The van der Waals surface area contributed by atoms with Gasteiger partial charge in [0.15, 0.2) is 0 Å². The number of hydrogen-bond acceptors (Lipinski definition) is 2. The molecule has 7 heteroatoms. The molecule has 110 valence electrons. The van der Waals surface area contributed by atoms with E-state index in [4.69, 9.17) is 0 Å². The van der Waals surface area contributed by atoms with Crippen LogP contribution in [-0.2, 0) is 12.1 Å². The molecule has 2 aliphatic heterocycles. The molecule has 0 saturated carbocycles. The highest BCUT2D eigenvalue weighted by molar-refractivity contribution is 5.54. The second-order valence-corrected chi connectivity index (χ2v) is 5.34. The Morgan fingerprint density at radius 1 is 1.25 bits per heavy atom. The summed E-state index contributed by atoms with van der Waals surface area (Å²) in [6, 6.07) is 0.225. The van der Waals surface area contributed by atoms with Crippen LogP contribution in [0.2, 0.25) is 0 Å². The van der Waals surface area contributed by atoms with Gasteiger partial charge in [0.1, 0.15) is 5.82 Å². The van der Waals surface area contributed by atoms with Crippen molar-refractivity contribution in [2.45, 2.75) is 43.8 Å². The summed E-state index contributed by atoms with van der Waals surface area (Å²) >= 11 is 0. The highest BCUT2D eigenvalue weighted by Gasteiger charge is 2.47. The first-order valence-electron chi connectivity index (χ1n) is 6.51. The minimum absolute atomic E-state index is 0.0129. The summed E-state index contributed by atoms with van der Waals surface area (Å²) in [4.78, 5) is 5.42. The van der Waals surface area contributed by atoms with Crippen molar-refractivity contribution >= 4 is 5.82 Å². The van der Waals surface area contributed by atoms with Gasteiger partial charge in [0.2, 0.25) is 0 Å². The van der Waals surface area contributed by atoms with E-state index < -0.39 is 29.6 Å². The summed E-state index contributed by atoms with van der Waals surface area (Å²) in [6.07, 6.45) is -2.08. The highest BCUT2D eigenvalue weighted by atomic mass is 19.4. The first-order valence-corrected chi connectivity index (χ1v) is 6.51. The Balaban J connectivity index is 2.09. The Morgan fingerprint density at radius 2 is 2.00 bits per heavy atom. The maximum atomic E-state index is 14.1. The van der Waals surface area contributed by atoms with Gasteiger partial charge >= 0.3 is 6.18 Å². The summed E-state index contributed by atoms with van der Waals surface area (Å²) in [7, 11) is 0. The third kappa shape index (κ3) is 2.13. The van der Waals surface area contributed by atoms with Gasteiger partial charge in [-0.3, -0.25) is 0 Å². The van der Waals surface area contributed by atoms with Gasteiger partial charge in [-0.15, -0.1) is 0 Å². The molecule has 1 unspecified atom stereocenters. The number of pyridine rings is 1. The SMILES string of the molecule is FC(F)(F)c1cnc2c(c1)C(F)(F)CC1CCCCN21. The van der Waals surface area contributed by atoms with Gasteiger partial charge in [-0.2, -0.15) is 13.2 Å². The Labute approximate surface area is 112 Å². The van der Waals surface area contributed by atoms with E-state index in [1.807, 2.05) is 0 Å². The smallest absolute Gasteiger partial charge is 0.353 e. The molecule has 0 radical (unpaired) electrons. The normalized spacial score (nSPS) is 25.1. The molecule has 1 saturated heterocycles. The van der Waals surface area contributed by atoms with E-state index in [-0.39, 0.29) is 11.9 Å². The molecule has 3 rings (SSSR count). The van der Waals surface area contributed by atoms with E-state index in [0.29, 0.717) is 25.2 Å². The van der Waals surface area contributed by atoms with Gasteiger partial charge in [0.05, 0.1) is 11.1 Å². The monoisotopic (exact) mass is 292 g/mol. The summed E-state index contributed by atoms with van der Waals surface area (Å²) in [5.41, 5.74) is -1.71. The summed E-state index contributed by atoms with van der Waals surface area (Å²) in [5, 5.41) is 0. The molecule has 0 aromatic carbocycles. The van der Waals surface area contributed by atoms with Crippen molar-refractivity contribution in [2.75, 3.05) is 11.4 Å². The van der Waals surface area contributed by atoms with Crippen LogP contribution in [0.1, 0.15) is 36.8 Å². The fourth-order valence-corrected chi connectivity index (χ4v) is 3.01. The standard InChI is InChI=1S/C13H13F5N2/c14-12(15)6-9-3-1-2-4-20(9)11-10(12)5-8(7-19-11)13(16,17)18/h5,7,9H,1-4,6H2. The average Bonchev–Trinajstić information content (AvgIpc) is 2.37. The van der Waals surface area contributed by atoms with E-state index in [9.17, 15) is 22.0 Å². The zero-order valence-electron chi connectivity index (χ0n) is 10.6. The van der Waals surface area contributed by atoms with Gasteiger partial charge in [0, 0.05) is 25.2 Å². The zero-order chi connectivity index (χ0) is 14.5. The fraction of sp³-hybridized carbons (Fsp3) is 0.615. The Hall–Kier alpha value is -1.40. The van der Waals surface area contributed by atoms with Crippen LogP contribution in [0.5, 0.6) is 0 Å². The van der Waals surface area contributed by atoms with Crippen LogP contribution in [0.3, 0.4) is 0 Å². The van der Waals surface area contributed by atoms with Crippen molar-refractivity contribution in [1.29, 1.82) is 0 Å². The molecule has 20 heavy (non-hydrogen) atoms. The lowest BCUT2D eigenvalue weighted by Gasteiger charge is -2.43. The number of aromatic nitrogens is 1. The average molecular weight is 292 g/mol. The second kappa shape index (κ2) is 4.30. The minimum Gasteiger partial charge on any atom is -0.353 e. The molecule has 0 spiro atoms. The van der Waals surface area contributed by atoms with E-state index in [1.165, 1.54) is 0 Å². The van der Waals surface area contributed by atoms with Crippen molar-refractivity contribution in [3.63, 3.8) is 0 Å². The molecule has 1 atom stereocenters. The molecule has 0 amide bonds. The molecule has 3 heterocycles. The van der Waals surface area contributed by atoms with Crippen molar-refractivity contribution in [1.82, 2.24) is 4.98 Å². The van der Waals surface area contributed by atoms with E-state index in [1.54, 1.807) is 4.90 Å². The number of hydrogen-bond donors (Lipinski definition) is 0. The predicted molar refractivity (Wildman–Crippen MR) is 62.7 cm³/mol. The number of alkyl halides is 5. The largest absolute Gasteiger partial charge is 0.417 e. The molecular formula is C13H13F5N2. The molecule has 0 aliphatic carbocycles. The molecule has 2 nitrogen and oxygen atoms in total. The van der Waals surface area contributed by atoms with E-state index in [0.717, 1.165) is 12.8 Å². The lowest BCUT2D eigenvalue weighted by molar-refractivity contribution is -0.138. The van der Waals surface area contributed by atoms with Crippen molar-refractivity contribution < 1.29 is 22.0 Å². The Morgan fingerprint density at radius 3 is 2.70 bits per heavy atom. The highest BCUT2D eigenvalue weighted by Crippen LogP contribution is 2.47. The van der Waals surface area contributed by atoms with Crippen LogP contribution in [0.25, 0.3) is 0 Å². The van der Waals surface area contributed by atoms with Crippen LogP contribution in [0.15, 0.2) is 12.3 Å². The van der Waals surface area contributed by atoms with Crippen LogP contribution in [0.4, 0.5) is 27.8 Å². The van der Waals surface area contributed by atoms with Gasteiger partial charge in [-0.25, -0.2) is 13.8 Å². The first kappa shape index (κ1) is 13.6. The van der Waals surface area contributed by atoms with Crippen LogP contribution >= 0.6 is 0 Å². The third-order valence-corrected chi connectivity index (χ3v) is 3.98. The number of piperidine rings is 1. The lowest BCUT2D eigenvalue weighted by Crippen LogP contribution is -2.47. The molecule has 1 aromatic heterocycles. The van der Waals surface area contributed by atoms with Gasteiger partial charge in [-0.1, -0.05) is 0 Å². The van der Waals surface area contributed by atoms with Crippen LogP contribution < -0.4 is 4.90 Å². The number of halogens is 5. The quantitative estimate of drug-likeness (QED) is 0.673. The topological polar surface area (TPSA) is 16.1 Å². The predicted octanol–water partition coefficient (Wildman–Crippen LogP) is 3.95. The van der Waals surface area contributed by atoms with Crippen molar-refractivity contribution in [3.8, 4) is 0 Å². The molecule has 0 N–H and O–H groups in total. The van der Waals surface area contributed by atoms with E-state index in [2.05, 4.69) is 4.98 Å². The molecule has 2 aliphatic rings. The summed E-state index contributed by atoms with van der Waals surface area (Å²) in [5.74, 6) is -3.23. The van der Waals surface area contributed by atoms with Gasteiger partial charge in [-0.05, 0) is 25.3 Å². The summed E-state index contributed by atoms with van der Waals surface area (Å²) in [6.45, 7) is 0.576. The number of rotatable bonds is 0. The lowest BCUT2D eigenvalue weighted by atomic mass is 9.88. The van der Waals surface area contributed by atoms with E-state index >= 15 is 0 Å². The number of fused-ring (bicyclic) bond motifs is 3. The maximum absolute atomic E-state index is 14.1. The fourth-order valence-electron chi connectivity index (χ4n) is 3.01. The third-order valence-electron chi connectivity index (χ3n) is 3.98. The molecular weight excluding hydrogens is 279 g/mol. The summed E-state index contributed by atoms with van der Waals surface area (Å²) < 4.78 is 66.1. The molecule has 0 bridgehead atoms. The van der Waals surface area contributed by atoms with Crippen LogP contribution in [-0.4, -0.2) is 17.6 Å². The second-order valence-electron chi connectivity index (χ2n) is 5.34.